The largest absolute Gasteiger partial charge is 0.508 e. The van der Waals surface area contributed by atoms with Crippen molar-refractivity contribution in [2.75, 3.05) is 42.9 Å². The molecule has 3 aromatic carbocycles. The molecule has 1 heterocycles. The molecule has 0 aliphatic carbocycles. The van der Waals surface area contributed by atoms with Gasteiger partial charge < -0.3 is 15.3 Å². The summed E-state index contributed by atoms with van der Waals surface area (Å²) in [6, 6.07) is 23.3. The molecule has 0 aromatic heterocycles. The maximum Gasteiger partial charge on any atom is 0.238 e. The number of nitrogens with zero attached hydrogens (tertiary/aromatic N) is 2. The third kappa shape index (κ3) is 5.10. The van der Waals surface area contributed by atoms with Crippen LogP contribution in [0.1, 0.15) is 15.9 Å². The molecule has 2 N–H and O–H groups in total. The van der Waals surface area contributed by atoms with Gasteiger partial charge in [-0.15, -0.1) is 0 Å². The van der Waals surface area contributed by atoms with Crippen molar-refractivity contribution in [3.63, 3.8) is 0 Å². The molecule has 3 aromatic rings. The zero-order chi connectivity index (χ0) is 21.6. The minimum atomic E-state index is -0.133. The predicted molar refractivity (Wildman–Crippen MR) is 122 cm³/mol. The first-order valence-electron chi connectivity index (χ1n) is 10.3. The average molecular weight is 415 g/mol. The lowest BCUT2D eigenvalue weighted by molar-refractivity contribution is -0.117. The third-order valence-corrected chi connectivity index (χ3v) is 5.44. The minimum Gasteiger partial charge on any atom is -0.508 e. The number of rotatable bonds is 6. The van der Waals surface area contributed by atoms with Crippen LogP contribution in [0.25, 0.3) is 0 Å². The summed E-state index contributed by atoms with van der Waals surface area (Å²) in [7, 11) is 0. The van der Waals surface area contributed by atoms with Crippen LogP contribution in [0, 0.1) is 0 Å². The maximum absolute atomic E-state index is 12.8. The van der Waals surface area contributed by atoms with Crippen LogP contribution in [-0.2, 0) is 4.79 Å². The van der Waals surface area contributed by atoms with Gasteiger partial charge in [0, 0.05) is 43.0 Å². The van der Waals surface area contributed by atoms with Gasteiger partial charge in [-0.05, 0) is 36.4 Å². The first kappa shape index (κ1) is 20.6. The lowest BCUT2D eigenvalue weighted by atomic mass is 10.0. The first-order chi connectivity index (χ1) is 15.1. The summed E-state index contributed by atoms with van der Waals surface area (Å²) in [5.74, 6) is 0.00971. The molecule has 6 nitrogen and oxygen atoms in total. The number of hydrogen-bond acceptors (Lipinski definition) is 5. The summed E-state index contributed by atoms with van der Waals surface area (Å²) >= 11 is 0. The van der Waals surface area contributed by atoms with Crippen LogP contribution < -0.4 is 10.2 Å². The Balaban J connectivity index is 1.35. The van der Waals surface area contributed by atoms with Crippen LogP contribution in [0.3, 0.4) is 0 Å². The summed E-state index contributed by atoms with van der Waals surface area (Å²) in [5, 5.41) is 12.4. The van der Waals surface area contributed by atoms with E-state index in [-0.39, 0.29) is 24.0 Å². The number of benzene rings is 3. The summed E-state index contributed by atoms with van der Waals surface area (Å²) in [5.41, 5.74) is 2.67. The Morgan fingerprint density at radius 3 is 2.16 bits per heavy atom. The second-order valence-corrected chi connectivity index (χ2v) is 7.57. The number of phenolic OH excluding ortho intramolecular Hbond substituents is 1. The highest BCUT2D eigenvalue weighted by Crippen LogP contribution is 2.21. The Hall–Kier alpha value is -3.64. The molecular weight excluding hydrogens is 390 g/mol. The number of amides is 1. The average Bonchev–Trinajstić information content (AvgIpc) is 2.81. The lowest BCUT2D eigenvalue weighted by Gasteiger charge is -2.35. The molecule has 0 atom stereocenters. The Bertz CT molecular complexity index is 1040. The van der Waals surface area contributed by atoms with Crippen molar-refractivity contribution in [3.8, 4) is 5.75 Å². The fraction of sp³-hybridized carbons (Fsp3) is 0.200. The van der Waals surface area contributed by atoms with Crippen LogP contribution >= 0.6 is 0 Å². The minimum absolute atomic E-state index is 0.112. The quantitative estimate of drug-likeness (QED) is 0.604. The smallest absolute Gasteiger partial charge is 0.238 e. The van der Waals surface area contributed by atoms with Gasteiger partial charge >= 0.3 is 0 Å². The zero-order valence-electron chi connectivity index (χ0n) is 17.2. The van der Waals surface area contributed by atoms with Gasteiger partial charge in [-0.3, -0.25) is 14.5 Å². The topological polar surface area (TPSA) is 72.9 Å². The van der Waals surface area contributed by atoms with Gasteiger partial charge in [0.15, 0.2) is 5.78 Å². The van der Waals surface area contributed by atoms with Crippen molar-refractivity contribution >= 4 is 23.1 Å². The summed E-state index contributed by atoms with van der Waals surface area (Å²) < 4.78 is 0. The lowest BCUT2D eigenvalue weighted by Crippen LogP contribution is -2.48. The third-order valence-electron chi connectivity index (χ3n) is 5.44. The number of phenols is 1. The van der Waals surface area contributed by atoms with Gasteiger partial charge in [0.25, 0.3) is 0 Å². The maximum atomic E-state index is 12.8. The highest BCUT2D eigenvalue weighted by molar-refractivity contribution is 6.13. The van der Waals surface area contributed by atoms with E-state index in [1.54, 1.807) is 42.5 Å². The molecule has 158 valence electrons. The Labute approximate surface area is 181 Å². The van der Waals surface area contributed by atoms with Gasteiger partial charge in [0.1, 0.15) is 5.75 Å². The van der Waals surface area contributed by atoms with E-state index in [0.717, 1.165) is 31.9 Å². The van der Waals surface area contributed by atoms with E-state index in [4.69, 9.17) is 0 Å². The van der Waals surface area contributed by atoms with Crippen molar-refractivity contribution in [1.82, 2.24) is 4.90 Å². The second-order valence-electron chi connectivity index (χ2n) is 7.57. The van der Waals surface area contributed by atoms with E-state index in [9.17, 15) is 14.7 Å². The number of aromatic hydroxyl groups is 1. The highest BCUT2D eigenvalue weighted by atomic mass is 16.3. The standard InChI is InChI=1S/C25H25N3O3/c29-21-12-10-20(11-13-21)28-16-14-27(15-17-28)18-24(30)26-23-9-5-4-8-22(23)25(31)19-6-2-1-3-7-19/h1-13,29H,14-18H2,(H,26,30). The molecule has 31 heavy (non-hydrogen) atoms. The van der Waals surface area contributed by atoms with E-state index in [1.165, 1.54) is 0 Å². The molecule has 6 heteroatoms. The molecule has 0 saturated carbocycles. The number of carbonyl (C=O) groups excluding carboxylic acids is 2. The van der Waals surface area contributed by atoms with Gasteiger partial charge in [0.2, 0.25) is 5.91 Å². The van der Waals surface area contributed by atoms with Crippen molar-refractivity contribution in [2.24, 2.45) is 0 Å². The van der Waals surface area contributed by atoms with Gasteiger partial charge in [-0.2, -0.15) is 0 Å². The first-order valence-corrected chi connectivity index (χ1v) is 10.3. The van der Waals surface area contributed by atoms with E-state index < -0.39 is 0 Å². The number of nitrogens with one attached hydrogen (secondary N) is 1. The van der Waals surface area contributed by atoms with Gasteiger partial charge in [-0.25, -0.2) is 0 Å². The fourth-order valence-electron chi connectivity index (χ4n) is 3.76. The monoisotopic (exact) mass is 415 g/mol. The molecule has 0 unspecified atom stereocenters. The molecule has 0 radical (unpaired) electrons. The van der Waals surface area contributed by atoms with Crippen molar-refractivity contribution in [2.45, 2.75) is 0 Å². The number of ketones is 1. The van der Waals surface area contributed by atoms with Crippen LogP contribution in [0.4, 0.5) is 11.4 Å². The number of anilines is 2. The Morgan fingerprint density at radius 1 is 0.806 bits per heavy atom. The van der Waals surface area contributed by atoms with Gasteiger partial charge in [0.05, 0.1) is 12.2 Å². The van der Waals surface area contributed by atoms with Crippen LogP contribution in [-0.4, -0.2) is 54.4 Å². The molecule has 0 bridgehead atoms. The predicted octanol–water partition coefficient (Wildman–Crippen LogP) is 3.38. The van der Waals surface area contributed by atoms with Gasteiger partial charge in [-0.1, -0.05) is 42.5 Å². The SMILES string of the molecule is O=C(CN1CCN(c2ccc(O)cc2)CC1)Nc1ccccc1C(=O)c1ccccc1. The van der Waals surface area contributed by atoms with Crippen LogP contribution in [0.2, 0.25) is 0 Å². The summed E-state index contributed by atoms with van der Waals surface area (Å²) in [6.45, 7) is 3.41. The van der Waals surface area contributed by atoms with Crippen molar-refractivity contribution in [1.29, 1.82) is 0 Å². The molecule has 0 spiro atoms. The highest BCUT2D eigenvalue weighted by Gasteiger charge is 2.20. The Morgan fingerprint density at radius 2 is 1.45 bits per heavy atom. The van der Waals surface area contributed by atoms with Crippen molar-refractivity contribution in [3.05, 3.63) is 90.0 Å². The molecule has 1 saturated heterocycles. The molecular formula is C25H25N3O3. The number of para-hydroxylation sites is 1. The molecule has 1 fully saturated rings. The van der Waals surface area contributed by atoms with E-state index >= 15 is 0 Å². The van der Waals surface area contributed by atoms with Crippen molar-refractivity contribution < 1.29 is 14.7 Å². The molecule has 1 aliphatic rings. The second kappa shape index (κ2) is 9.45. The van der Waals surface area contributed by atoms with Crippen LogP contribution in [0.15, 0.2) is 78.9 Å². The molecule has 1 amide bonds. The number of carbonyl (C=O) groups is 2. The summed E-state index contributed by atoms with van der Waals surface area (Å²) in [4.78, 5) is 29.9. The fourth-order valence-corrected chi connectivity index (χ4v) is 3.76. The Kier molecular flexibility index (Phi) is 6.29. The normalized spacial score (nSPS) is 14.3. The zero-order valence-corrected chi connectivity index (χ0v) is 17.2. The molecule has 1 aliphatic heterocycles. The molecule has 4 rings (SSSR count). The van der Waals surface area contributed by atoms with E-state index in [2.05, 4.69) is 15.1 Å². The van der Waals surface area contributed by atoms with E-state index in [1.807, 2.05) is 36.4 Å². The van der Waals surface area contributed by atoms with Crippen LogP contribution in [0.5, 0.6) is 5.75 Å². The number of piperazine rings is 1. The van der Waals surface area contributed by atoms with E-state index in [0.29, 0.717) is 16.8 Å². The number of hydrogen-bond donors (Lipinski definition) is 2. The summed E-state index contributed by atoms with van der Waals surface area (Å²) in [6.07, 6.45) is 0.